The van der Waals surface area contributed by atoms with E-state index in [4.69, 9.17) is 0 Å². The van der Waals surface area contributed by atoms with E-state index < -0.39 is 10.0 Å². The van der Waals surface area contributed by atoms with Crippen LogP contribution in [0.15, 0.2) is 29.2 Å². The van der Waals surface area contributed by atoms with Crippen LogP contribution in [0, 0.1) is 5.92 Å². The molecule has 122 valence electrons. The SMILES string of the molecule is CC(C)CCCNC(=O)c1ccc(S(=O)(=O)NC2CC2)cc1. The number of sulfonamides is 1. The maximum atomic E-state index is 12.0. The standard InChI is InChI=1S/C16H24N2O3S/c1-12(2)4-3-11-17-16(19)13-5-9-15(10-6-13)22(20,21)18-14-7-8-14/h5-6,9-10,12,14,18H,3-4,7-8,11H2,1-2H3,(H,17,19). The highest BCUT2D eigenvalue weighted by Gasteiger charge is 2.27. The fraction of sp³-hybridized carbons (Fsp3) is 0.562. The summed E-state index contributed by atoms with van der Waals surface area (Å²) >= 11 is 0. The minimum absolute atomic E-state index is 0.0777. The smallest absolute Gasteiger partial charge is 0.251 e. The van der Waals surface area contributed by atoms with Crippen molar-refractivity contribution in [2.75, 3.05) is 6.54 Å². The van der Waals surface area contributed by atoms with Gasteiger partial charge in [-0.05, 0) is 55.9 Å². The van der Waals surface area contributed by atoms with E-state index in [-0.39, 0.29) is 16.8 Å². The molecule has 5 nitrogen and oxygen atoms in total. The summed E-state index contributed by atoms with van der Waals surface area (Å²) in [6.45, 7) is 4.94. The monoisotopic (exact) mass is 324 g/mol. The van der Waals surface area contributed by atoms with Crippen LogP contribution in [-0.2, 0) is 10.0 Å². The van der Waals surface area contributed by atoms with Crippen LogP contribution in [0.1, 0.15) is 49.9 Å². The van der Waals surface area contributed by atoms with Gasteiger partial charge in [0, 0.05) is 18.2 Å². The molecule has 1 fully saturated rings. The first-order valence-electron chi connectivity index (χ1n) is 7.79. The van der Waals surface area contributed by atoms with Gasteiger partial charge >= 0.3 is 0 Å². The average Bonchev–Trinajstić information content (AvgIpc) is 3.26. The van der Waals surface area contributed by atoms with Gasteiger partial charge in [-0.25, -0.2) is 13.1 Å². The van der Waals surface area contributed by atoms with Gasteiger partial charge in [-0.1, -0.05) is 13.8 Å². The first kappa shape index (κ1) is 17.0. The number of rotatable bonds is 8. The van der Waals surface area contributed by atoms with E-state index in [2.05, 4.69) is 23.9 Å². The van der Waals surface area contributed by atoms with E-state index in [1.165, 1.54) is 12.1 Å². The molecule has 0 spiro atoms. The first-order valence-corrected chi connectivity index (χ1v) is 9.27. The number of carbonyl (C=O) groups excluding carboxylic acids is 1. The predicted molar refractivity (Wildman–Crippen MR) is 86.2 cm³/mol. The van der Waals surface area contributed by atoms with Crippen molar-refractivity contribution in [3.8, 4) is 0 Å². The van der Waals surface area contributed by atoms with Crippen LogP contribution in [0.2, 0.25) is 0 Å². The zero-order valence-corrected chi connectivity index (χ0v) is 13.9. The summed E-state index contributed by atoms with van der Waals surface area (Å²) in [6, 6.07) is 6.15. The lowest BCUT2D eigenvalue weighted by Gasteiger charge is -2.08. The van der Waals surface area contributed by atoms with Gasteiger partial charge in [-0.3, -0.25) is 4.79 Å². The Bertz CT molecular complexity index is 605. The Hall–Kier alpha value is -1.40. The first-order chi connectivity index (χ1) is 10.4. The van der Waals surface area contributed by atoms with Crippen LogP contribution in [0.3, 0.4) is 0 Å². The number of hydrogen-bond donors (Lipinski definition) is 2. The minimum Gasteiger partial charge on any atom is -0.352 e. The molecule has 1 amide bonds. The molecule has 1 aliphatic rings. The van der Waals surface area contributed by atoms with Gasteiger partial charge in [0.05, 0.1) is 4.90 Å². The van der Waals surface area contributed by atoms with Crippen molar-refractivity contribution in [1.82, 2.24) is 10.0 Å². The molecule has 2 rings (SSSR count). The highest BCUT2D eigenvalue weighted by molar-refractivity contribution is 7.89. The third-order valence-electron chi connectivity index (χ3n) is 3.57. The number of benzene rings is 1. The van der Waals surface area contributed by atoms with E-state index in [9.17, 15) is 13.2 Å². The maximum Gasteiger partial charge on any atom is 0.251 e. The largest absolute Gasteiger partial charge is 0.352 e. The fourth-order valence-corrected chi connectivity index (χ4v) is 3.39. The lowest BCUT2D eigenvalue weighted by Crippen LogP contribution is -2.26. The van der Waals surface area contributed by atoms with Crippen LogP contribution in [0.25, 0.3) is 0 Å². The predicted octanol–water partition coefficient (Wildman–Crippen LogP) is 2.29. The van der Waals surface area contributed by atoms with Crippen molar-refractivity contribution < 1.29 is 13.2 Å². The van der Waals surface area contributed by atoms with Crippen LogP contribution >= 0.6 is 0 Å². The summed E-state index contributed by atoms with van der Waals surface area (Å²) in [5, 5.41) is 2.85. The Labute approximate surface area is 132 Å². The molecule has 0 radical (unpaired) electrons. The van der Waals surface area contributed by atoms with Gasteiger partial charge in [0.15, 0.2) is 0 Å². The summed E-state index contributed by atoms with van der Waals surface area (Å²) in [6.07, 6.45) is 3.82. The van der Waals surface area contributed by atoms with Gasteiger partial charge < -0.3 is 5.32 Å². The van der Waals surface area contributed by atoms with Crippen molar-refractivity contribution in [2.24, 2.45) is 5.92 Å². The van der Waals surface area contributed by atoms with E-state index >= 15 is 0 Å². The number of carbonyl (C=O) groups is 1. The second kappa shape index (κ2) is 7.24. The zero-order chi connectivity index (χ0) is 16.2. The van der Waals surface area contributed by atoms with Gasteiger partial charge in [0.1, 0.15) is 0 Å². The van der Waals surface area contributed by atoms with Crippen molar-refractivity contribution in [3.05, 3.63) is 29.8 Å². The van der Waals surface area contributed by atoms with Gasteiger partial charge in [-0.2, -0.15) is 0 Å². The fourth-order valence-electron chi connectivity index (χ4n) is 2.09. The van der Waals surface area contributed by atoms with E-state index in [0.717, 1.165) is 25.7 Å². The van der Waals surface area contributed by atoms with Crippen molar-refractivity contribution >= 4 is 15.9 Å². The third-order valence-corrected chi connectivity index (χ3v) is 5.11. The zero-order valence-electron chi connectivity index (χ0n) is 13.1. The normalized spacial score (nSPS) is 15.0. The lowest BCUT2D eigenvalue weighted by atomic mass is 10.1. The second-order valence-corrected chi connectivity index (χ2v) is 7.93. The Morgan fingerprint density at radius 2 is 1.86 bits per heavy atom. The molecular formula is C16H24N2O3S. The highest BCUT2D eigenvalue weighted by Crippen LogP contribution is 2.22. The second-order valence-electron chi connectivity index (χ2n) is 6.21. The highest BCUT2D eigenvalue weighted by atomic mass is 32.2. The Morgan fingerprint density at radius 3 is 2.41 bits per heavy atom. The number of amides is 1. The van der Waals surface area contributed by atoms with Crippen molar-refractivity contribution in [2.45, 2.75) is 50.5 Å². The molecule has 2 N–H and O–H groups in total. The Balaban J connectivity index is 1.89. The summed E-state index contributed by atoms with van der Waals surface area (Å²) in [5.41, 5.74) is 0.481. The molecule has 22 heavy (non-hydrogen) atoms. The number of hydrogen-bond acceptors (Lipinski definition) is 3. The van der Waals surface area contributed by atoms with Crippen LogP contribution < -0.4 is 10.0 Å². The molecule has 6 heteroatoms. The number of nitrogens with one attached hydrogen (secondary N) is 2. The molecule has 1 saturated carbocycles. The Kier molecular flexibility index (Phi) is 5.58. The van der Waals surface area contributed by atoms with Crippen molar-refractivity contribution in [3.63, 3.8) is 0 Å². The van der Waals surface area contributed by atoms with E-state index in [1.807, 2.05) is 0 Å². The molecule has 1 aliphatic carbocycles. The minimum atomic E-state index is -3.45. The molecule has 0 saturated heterocycles. The Morgan fingerprint density at radius 1 is 1.23 bits per heavy atom. The molecule has 0 aromatic heterocycles. The third kappa shape index (κ3) is 5.10. The molecule has 0 atom stereocenters. The summed E-state index contributed by atoms with van der Waals surface area (Å²) in [4.78, 5) is 12.2. The van der Waals surface area contributed by atoms with E-state index in [0.29, 0.717) is 18.0 Å². The maximum absolute atomic E-state index is 12.0. The van der Waals surface area contributed by atoms with Crippen LogP contribution in [0.4, 0.5) is 0 Å². The van der Waals surface area contributed by atoms with Gasteiger partial charge in [-0.15, -0.1) is 0 Å². The van der Waals surface area contributed by atoms with Crippen molar-refractivity contribution in [1.29, 1.82) is 0 Å². The van der Waals surface area contributed by atoms with Crippen LogP contribution in [-0.4, -0.2) is 26.9 Å². The summed E-state index contributed by atoms with van der Waals surface area (Å²) in [5.74, 6) is 0.461. The molecule has 0 unspecified atom stereocenters. The van der Waals surface area contributed by atoms with Gasteiger partial charge in [0.2, 0.25) is 10.0 Å². The summed E-state index contributed by atoms with van der Waals surface area (Å²) in [7, 11) is -3.45. The lowest BCUT2D eigenvalue weighted by molar-refractivity contribution is 0.0952. The average molecular weight is 324 g/mol. The summed E-state index contributed by atoms with van der Waals surface area (Å²) < 4.78 is 26.7. The van der Waals surface area contributed by atoms with E-state index in [1.54, 1.807) is 12.1 Å². The molecule has 0 bridgehead atoms. The molecule has 1 aromatic carbocycles. The quantitative estimate of drug-likeness (QED) is 0.721. The molecule has 0 heterocycles. The molecule has 1 aromatic rings. The molecule has 0 aliphatic heterocycles. The molecular weight excluding hydrogens is 300 g/mol. The topological polar surface area (TPSA) is 75.3 Å². The van der Waals surface area contributed by atoms with Crippen LogP contribution in [0.5, 0.6) is 0 Å². The van der Waals surface area contributed by atoms with Gasteiger partial charge in [0.25, 0.3) is 5.91 Å².